The van der Waals surface area contributed by atoms with Gasteiger partial charge in [0.1, 0.15) is 11.9 Å². The molecule has 1 aromatic carbocycles. The SMILES string of the molecule is CN1C[C@H]2C[C@@H]1[C@@H](F)[C@@H]2Oc1ccc(-c2ccc(-n3ccnc3)cc2O)nn1. The van der Waals surface area contributed by atoms with Gasteiger partial charge < -0.3 is 14.4 Å². The molecule has 1 aliphatic heterocycles. The highest BCUT2D eigenvalue weighted by Crippen LogP contribution is 2.40. The van der Waals surface area contributed by atoms with E-state index >= 15 is 0 Å². The second kappa shape index (κ2) is 6.56. The predicted molar refractivity (Wildman–Crippen MR) is 100 cm³/mol. The van der Waals surface area contributed by atoms with Crippen LogP contribution in [0.15, 0.2) is 49.1 Å². The third-order valence-electron chi connectivity index (χ3n) is 5.74. The van der Waals surface area contributed by atoms with Crippen LogP contribution in [0.3, 0.4) is 0 Å². The highest BCUT2D eigenvalue weighted by Gasteiger charge is 2.52. The molecule has 144 valence electrons. The minimum absolute atomic E-state index is 0.0619. The minimum Gasteiger partial charge on any atom is -0.507 e. The molecule has 0 spiro atoms. The van der Waals surface area contributed by atoms with Gasteiger partial charge in [-0.15, -0.1) is 10.2 Å². The van der Waals surface area contributed by atoms with Crippen LogP contribution in [0.5, 0.6) is 11.6 Å². The van der Waals surface area contributed by atoms with Crippen LogP contribution in [0.2, 0.25) is 0 Å². The molecule has 4 atom stereocenters. The van der Waals surface area contributed by atoms with Crippen molar-refractivity contribution in [2.24, 2.45) is 5.92 Å². The van der Waals surface area contributed by atoms with Crippen LogP contribution in [0.1, 0.15) is 6.42 Å². The Hall–Kier alpha value is -3.00. The summed E-state index contributed by atoms with van der Waals surface area (Å²) in [7, 11) is 1.95. The normalized spacial score (nSPS) is 26.6. The summed E-state index contributed by atoms with van der Waals surface area (Å²) in [5.41, 5.74) is 1.88. The molecule has 0 radical (unpaired) electrons. The van der Waals surface area contributed by atoms with E-state index in [0.717, 1.165) is 18.7 Å². The summed E-state index contributed by atoms with van der Waals surface area (Å²) < 4.78 is 22.1. The fourth-order valence-electron chi connectivity index (χ4n) is 4.30. The molecule has 2 aliphatic rings. The predicted octanol–water partition coefficient (Wildman–Crippen LogP) is 2.45. The number of rotatable bonds is 4. The Morgan fingerprint density at radius 2 is 2.11 bits per heavy atom. The van der Waals surface area contributed by atoms with Crippen LogP contribution >= 0.6 is 0 Å². The maximum absolute atomic E-state index is 14.5. The lowest BCUT2D eigenvalue weighted by molar-refractivity contribution is 0.0220. The lowest BCUT2D eigenvalue weighted by Crippen LogP contribution is -2.46. The van der Waals surface area contributed by atoms with E-state index in [2.05, 4.69) is 20.1 Å². The van der Waals surface area contributed by atoms with E-state index in [9.17, 15) is 9.50 Å². The number of likely N-dealkylation sites (tertiary alicyclic amines) is 1. The van der Waals surface area contributed by atoms with Gasteiger partial charge in [0, 0.05) is 48.6 Å². The van der Waals surface area contributed by atoms with Gasteiger partial charge >= 0.3 is 0 Å². The summed E-state index contributed by atoms with van der Waals surface area (Å²) in [5.74, 6) is 0.585. The first-order valence-corrected chi connectivity index (χ1v) is 9.26. The highest BCUT2D eigenvalue weighted by atomic mass is 19.1. The molecule has 5 rings (SSSR count). The highest BCUT2D eigenvalue weighted by molar-refractivity contribution is 5.68. The van der Waals surface area contributed by atoms with Gasteiger partial charge in [0.2, 0.25) is 5.88 Å². The Morgan fingerprint density at radius 3 is 2.75 bits per heavy atom. The molecule has 0 amide bonds. The van der Waals surface area contributed by atoms with Gasteiger partial charge in [-0.2, -0.15) is 0 Å². The van der Waals surface area contributed by atoms with Gasteiger partial charge in [-0.3, -0.25) is 4.90 Å². The summed E-state index contributed by atoms with van der Waals surface area (Å²) in [6, 6.07) is 8.62. The number of halogens is 1. The van der Waals surface area contributed by atoms with Crippen molar-refractivity contribution in [1.29, 1.82) is 0 Å². The summed E-state index contributed by atoms with van der Waals surface area (Å²) in [6.07, 6.45) is 4.48. The smallest absolute Gasteiger partial charge is 0.233 e. The number of aromatic hydroxyl groups is 1. The van der Waals surface area contributed by atoms with Crippen molar-refractivity contribution in [3.63, 3.8) is 0 Å². The van der Waals surface area contributed by atoms with E-state index in [1.54, 1.807) is 47.6 Å². The molecule has 1 aliphatic carbocycles. The van der Waals surface area contributed by atoms with Crippen LogP contribution in [-0.4, -0.2) is 61.7 Å². The molecular weight excluding hydrogens is 361 g/mol. The molecule has 8 heteroatoms. The molecule has 3 aromatic rings. The second-order valence-electron chi connectivity index (χ2n) is 7.46. The fraction of sp³-hybridized carbons (Fsp3) is 0.350. The molecule has 1 saturated heterocycles. The molecule has 1 N–H and O–H groups in total. The molecule has 3 heterocycles. The number of nitrogens with zero attached hydrogens (tertiary/aromatic N) is 5. The molecule has 2 bridgehead atoms. The van der Waals surface area contributed by atoms with Gasteiger partial charge in [0.25, 0.3) is 0 Å². The molecule has 28 heavy (non-hydrogen) atoms. The summed E-state index contributed by atoms with van der Waals surface area (Å²) in [4.78, 5) is 6.06. The van der Waals surface area contributed by atoms with Crippen LogP contribution in [-0.2, 0) is 0 Å². The number of alkyl halides is 1. The van der Waals surface area contributed by atoms with Crippen molar-refractivity contribution < 1.29 is 14.2 Å². The summed E-state index contributed by atoms with van der Waals surface area (Å²) in [6.45, 7) is 0.846. The molecule has 2 fully saturated rings. The Balaban J connectivity index is 1.33. The summed E-state index contributed by atoms with van der Waals surface area (Å²) >= 11 is 0. The quantitative estimate of drug-likeness (QED) is 0.748. The lowest BCUT2D eigenvalue weighted by Gasteiger charge is -2.31. The zero-order valence-corrected chi connectivity index (χ0v) is 15.3. The Bertz CT molecular complexity index is 977. The first-order valence-electron chi connectivity index (χ1n) is 9.26. The number of piperidine rings is 1. The topological polar surface area (TPSA) is 76.3 Å². The van der Waals surface area contributed by atoms with Crippen molar-refractivity contribution in [3.8, 4) is 28.6 Å². The second-order valence-corrected chi connectivity index (χ2v) is 7.46. The summed E-state index contributed by atoms with van der Waals surface area (Å²) in [5, 5.41) is 18.6. The number of phenolic OH excluding ortho intramolecular Hbond substituents is 1. The van der Waals surface area contributed by atoms with Crippen LogP contribution in [0.25, 0.3) is 16.9 Å². The van der Waals surface area contributed by atoms with Gasteiger partial charge in [0.15, 0.2) is 6.17 Å². The van der Waals surface area contributed by atoms with Crippen molar-refractivity contribution in [2.75, 3.05) is 13.6 Å². The molecule has 2 aromatic heterocycles. The van der Waals surface area contributed by atoms with E-state index < -0.39 is 12.3 Å². The number of imidazole rings is 1. The number of hydrogen-bond acceptors (Lipinski definition) is 6. The van der Waals surface area contributed by atoms with Gasteiger partial charge in [-0.1, -0.05) is 0 Å². The number of ether oxygens (including phenoxy) is 1. The minimum atomic E-state index is -1.01. The van der Waals surface area contributed by atoms with Crippen LogP contribution in [0, 0.1) is 5.92 Å². The van der Waals surface area contributed by atoms with E-state index in [4.69, 9.17) is 4.74 Å². The van der Waals surface area contributed by atoms with Gasteiger partial charge in [-0.05, 0) is 31.7 Å². The molecule has 7 nitrogen and oxygen atoms in total. The molecular formula is C20H20FN5O2. The number of fused-ring (bicyclic) bond motifs is 2. The Morgan fingerprint density at radius 1 is 1.21 bits per heavy atom. The van der Waals surface area contributed by atoms with Crippen molar-refractivity contribution >= 4 is 0 Å². The van der Waals surface area contributed by atoms with Crippen LogP contribution < -0.4 is 4.74 Å². The number of phenols is 1. The van der Waals surface area contributed by atoms with Crippen molar-refractivity contribution in [3.05, 3.63) is 49.1 Å². The average Bonchev–Trinajstić information content (AvgIpc) is 3.41. The van der Waals surface area contributed by atoms with Crippen molar-refractivity contribution in [2.45, 2.75) is 24.7 Å². The first kappa shape index (κ1) is 17.1. The third-order valence-corrected chi connectivity index (χ3v) is 5.74. The Kier molecular flexibility index (Phi) is 4.01. The Labute approximate surface area is 161 Å². The molecule has 1 saturated carbocycles. The zero-order valence-electron chi connectivity index (χ0n) is 15.3. The lowest BCUT2D eigenvalue weighted by atomic mass is 10.1. The van der Waals surface area contributed by atoms with Crippen molar-refractivity contribution in [1.82, 2.24) is 24.6 Å². The van der Waals surface area contributed by atoms with Gasteiger partial charge in [-0.25, -0.2) is 9.37 Å². The van der Waals surface area contributed by atoms with E-state index in [1.807, 2.05) is 13.1 Å². The van der Waals surface area contributed by atoms with Gasteiger partial charge in [0.05, 0.1) is 17.7 Å². The maximum atomic E-state index is 14.5. The monoisotopic (exact) mass is 381 g/mol. The average molecular weight is 381 g/mol. The molecule has 0 unspecified atom stereocenters. The first-order chi connectivity index (χ1) is 13.6. The number of hydrogen-bond donors (Lipinski definition) is 1. The third kappa shape index (κ3) is 2.80. The zero-order chi connectivity index (χ0) is 19.3. The largest absolute Gasteiger partial charge is 0.507 e. The fourth-order valence-corrected chi connectivity index (χ4v) is 4.30. The standard InChI is InChI=1S/C20H20FN5O2/c1-25-10-12-8-16(25)19(21)20(12)28-18-5-4-15(23-24-18)14-3-2-13(9-17(14)27)26-7-6-22-11-26/h2-7,9,11-12,16,19-20,27H,8,10H2,1H3/t12-,16-,19-,20-/m1/s1. The number of aromatic nitrogens is 4. The van der Waals surface area contributed by atoms with E-state index in [0.29, 0.717) is 17.1 Å². The van der Waals surface area contributed by atoms with E-state index in [-0.39, 0.29) is 17.7 Å². The number of benzene rings is 1. The maximum Gasteiger partial charge on any atom is 0.233 e. The van der Waals surface area contributed by atoms with Crippen LogP contribution in [0.4, 0.5) is 4.39 Å². The van der Waals surface area contributed by atoms with E-state index in [1.165, 1.54) is 0 Å².